The summed E-state index contributed by atoms with van der Waals surface area (Å²) in [6, 6.07) is 12.3. The zero-order chi connectivity index (χ0) is 22.1. The molecular formula is C22H23NO6S. The quantitative estimate of drug-likeness (QED) is 0.409. The summed E-state index contributed by atoms with van der Waals surface area (Å²) < 4.78 is 38.1. The first-order valence-corrected chi connectivity index (χ1v) is 11.0. The second kappa shape index (κ2) is 7.95. The Morgan fingerprint density at radius 1 is 1.03 bits per heavy atom. The molecule has 158 valence electrons. The van der Waals surface area contributed by atoms with Crippen molar-refractivity contribution in [1.29, 1.82) is 0 Å². The second-order valence-corrected chi connectivity index (χ2v) is 9.44. The number of esters is 1. The summed E-state index contributed by atoms with van der Waals surface area (Å²) in [6.45, 7) is 6.36. The van der Waals surface area contributed by atoms with E-state index in [1.54, 1.807) is 12.1 Å². The van der Waals surface area contributed by atoms with Crippen molar-refractivity contribution in [2.24, 2.45) is 4.99 Å². The number of nitrogens with zero attached hydrogens (tertiary/aromatic N) is 1. The molecule has 0 aromatic heterocycles. The van der Waals surface area contributed by atoms with E-state index in [9.17, 15) is 13.2 Å². The molecule has 0 fully saturated rings. The van der Waals surface area contributed by atoms with Crippen molar-refractivity contribution in [2.75, 3.05) is 13.4 Å². The summed E-state index contributed by atoms with van der Waals surface area (Å²) in [5.41, 5.74) is 2.59. The Hall–Kier alpha value is -3.13. The standard InChI is InChI=1S/C22H23NO6S/c1-22(2,3)16-9-7-15(8-10-16)20-23-17(21(24)28-20)12-14-6-11-18(19(13-14)27-4)29-30(5,25)26/h6-13H,1-5H3. The Labute approximate surface area is 176 Å². The van der Waals surface area contributed by atoms with Gasteiger partial charge in [-0.2, -0.15) is 8.42 Å². The maximum atomic E-state index is 12.3. The Kier molecular flexibility index (Phi) is 5.72. The molecule has 0 unspecified atom stereocenters. The third-order valence-corrected chi connectivity index (χ3v) is 4.83. The van der Waals surface area contributed by atoms with Crippen LogP contribution in [0.5, 0.6) is 11.5 Å². The van der Waals surface area contributed by atoms with Crippen molar-refractivity contribution in [2.45, 2.75) is 26.2 Å². The molecule has 0 bridgehead atoms. The Bertz CT molecular complexity index is 1140. The van der Waals surface area contributed by atoms with Gasteiger partial charge in [0.25, 0.3) is 0 Å². The largest absolute Gasteiger partial charge is 0.493 e. The average Bonchev–Trinajstić information content (AvgIpc) is 3.01. The molecule has 0 aliphatic carbocycles. The van der Waals surface area contributed by atoms with E-state index in [4.69, 9.17) is 13.7 Å². The van der Waals surface area contributed by atoms with Gasteiger partial charge in [0.15, 0.2) is 17.2 Å². The van der Waals surface area contributed by atoms with Gasteiger partial charge in [0, 0.05) is 5.56 Å². The lowest BCUT2D eigenvalue weighted by Crippen LogP contribution is -2.11. The minimum atomic E-state index is -3.70. The van der Waals surface area contributed by atoms with Crippen molar-refractivity contribution in [3.05, 3.63) is 64.9 Å². The number of cyclic esters (lactones) is 1. The van der Waals surface area contributed by atoms with Crippen LogP contribution in [0.2, 0.25) is 0 Å². The van der Waals surface area contributed by atoms with Crippen molar-refractivity contribution in [1.82, 2.24) is 0 Å². The molecule has 0 radical (unpaired) electrons. The summed E-state index contributed by atoms with van der Waals surface area (Å²) in [5, 5.41) is 0. The summed E-state index contributed by atoms with van der Waals surface area (Å²) in [4.78, 5) is 16.6. The number of carbonyl (C=O) groups excluding carboxylic acids is 1. The lowest BCUT2D eigenvalue weighted by Gasteiger charge is -2.18. The molecule has 3 rings (SSSR count). The van der Waals surface area contributed by atoms with Crippen molar-refractivity contribution in [3.8, 4) is 11.5 Å². The molecule has 8 heteroatoms. The lowest BCUT2D eigenvalue weighted by atomic mass is 9.87. The molecule has 0 saturated carbocycles. The highest BCUT2D eigenvalue weighted by atomic mass is 32.2. The van der Waals surface area contributed by atoms with Crippen LogP contribution < -0.4 is 8.92 Å². The Morgan fingerprint density at radius 3 is 2.27 bits per heavy atom. The van der Waals surface area contributed by atoms with Gasteiger partial charge in [-0.3, -0.25) is 0 Å². The average molecular weight is 429 g/mol. The molecular weight excluding hydrogens is 406 g/mol. The zero-order valence-corrected chi connectivity index (χ0v) is 18.2. The summed E-state index contributed by atoms with van der Waals surface area (Å²) in [5.74, 6) is -0.0709. The fourth-order valence-corrected chi connectivity index (χ4v) is 3.27. The van der Waals surface area contributed by atoms with Crippen LogP contribution in [0.1, 0.15) is 37.5 Å². The van der Waals surface area contributed by atoms with Crippen LogP contribution in [0, 0.1) is 0 Å². The maximum Gasteiger partial charge on any atom is 0.363 e. The van der Waals surface area contributed by atoms with Crippen LogP contribution >= 0.6 is 0 Å². The Morgan fingerprint density at radius 2 is 1.70 bits per heavy atom. The van der Waals surface area contributed by atoms with E-state index < -0.39 is 16.1 Å². The molecule has 0 atom stereocenters. The van der Waals surface area contributed by atoms with E-state index in [2.05, 4.69) is 25.8 Å². The molecule has 30 heavy (non-hydrogen) atoms. The van der Waals surface area contributed by atoms with Crippen LogP contribution in [0.25, 0.3) is 6.08 Å². The fourth-order valence-electron chi connectivity index (χ4n) is 2.81. The molecule has 2 aromatic carbocycles. The summed E-state index contributed by atoms with van der Waals surface area (Å²) >= 11 is 0. The van der Waals surface area contributed by atoms with E-state index in [0.29, 0.717) is 11.1 Å². The number of aliphatic imine (C=N–C) groups is 1. The van der Waals surface area contributed by atoms with E-state index in [1.165, 1.54) is 19.3 Å². The van der Waals surface area contributed by atoms with E-state index in [0.717, 1.165) is 11.8 Å². The molecule has 1 heterocycles. The number of rotatable bonds is 5. The van der Waals surface area contributed by atoms with Crippen molar-refractivity contribution >= 4 is 28.1 Å². The number of hydrogen-bond donors (Lipinski definition) is 0. The minimum Gasteiger partial charge on any atom is -0.493 e. The second-order valence-electron chi connectivity index (χ2n) is 7.86. The summed E-state index contributed by atoms with van der Waals surface area (Å²) in [6.07, 6.45) is 2.48. The topological polar surface area (TPSA) is 91.3 Å². The highest BCUT2D eigenvalue weighted by molar-refractivity contribution is 7.86. The highest BCUT2D eigenvalue weighted by Crippen LogP contribution is 2.31. The van der Waals surface area contributed by atoms with Gasteiger partial charge in [-0.15, -0.1) is 0 Å². The van der Waals surface area contributed by atoms with Gasteiger partial charge in [-0.1, -0.05) is 39.0 Å². The van der Waals surface area contributed by atoms with Gasteiger partial charge in [-0.05, 0) is 46.9 Å². The highest BCUT2D eigenvalue weighted by Gasteiger charge is 2.25. The molecule has 0 saturated heterocycles. The van der Waals surface area contributed by atoms with Gasteiger partial charge in [-0.25, -0.2) is 9.79 Å². The van der Waals surface area contributed by atoms with Crippen LogP contribution in [0.4, 0.5) is 0 Å². The van der Waals surface area contributed by atoms with Crippen LogP contribution in [0.15, 0.2) is 53.2 Å². The number of methoxy groups -OCH3 is 1. The van der Waals surface area contributed by atoms with Gasteiger partial charge < -0.3 is 13.7 Å². The molecule has 0 amide bonds. The lowest BCUT2D eigenvalue weighted by molar-refractivity contribution is -0.129. The van der Waals surface area contributed by atoms with Crippen molar-refractivity contribution < 1.29 is 26.9 Å². The third kappa shape index (κ3) is 5.07. The van der Waals surface area contributed by atoms with Gasteiger partial charge in [0.1, 0.15) is 0 Å². The molecule has 7 nitrogen and oxygen atoms in total. The van der Waals surface area contributed by atoms with Crippen LogP contribution in [-0.4, -0.2) is 33.7 Å². The van der Waals surface area contributed by atoms with Gasteiger partial charge in [0.05, 0.1) is 13.4 Å². The smallest absolute Gasteiger partial charge is 0.363 e. The van der Waals surface area contributed by atoms with Crippen LogP contribution in [0.3, 0.4) is 0 Å². The van der Waals surface area contributed by atoms with Gasteiger partial charge >= 0.3 is 16.1 Å². The van der Waals surface area contributed by atoms with E-state index in [-0.39, 0.29) is 28.5 Å². The third-order valence-electron chi connectivity index (χ3n) is 4.35. The first-order valence-electron chi connectivity index (χ1n) is 9.17. The predicted molar refractivity (Wildman–Crippen MR) is 114 cm³/mol. The first-order chi connectivity index (χ1) is 14.0. The first kappa shape index (κ1) is 21.6. The minimum absolute atomic E-state index is 0.0177. The van der Waals surface area contributed by atoms with E-state index >= 15 is 0 Å². The summed E-state index contributed by atoms with van der Waals surface area (Å²) in [7, 11) is -2.30. The normalized spacial score (nSPS) is 15.7. The van der Waals surface area contributed by atoms with Crippen LogP contribution in [-0.2, 0) is 25.1 Å². The zero-order valence-electron chi connectivity index (χ0n) is 17.4. The maximum absolute atomic E-state index is 12.3. The van der Waals surface area contributed by atoms with Gasteiger partial charge in [0.2, 0.25) is 5.90 Å². The molecule has 0 spiro atoms. The van der Waals surface area contributed by atoms with E-state index in [1.807, 2.05) is 24.3 Å². The number of benzene rings is 2. The van der Waals surface area contributed by atoms with Crippen molar-refractivity contribution in [3.63, 3.8) is 0 Å². The molecule has 1 aliphatic rings. The number of carbonyl (C=O) groups is 1. The number of hydrogen-bond acceptors (Lipinski definition) is 7. The molecule has 0 N–H and O–H groups in total. The molecule has 2 aromatic rings. The SMILES string of the molecule is COc1cc(C=C2N=C(c3ccc(C(C)(C)C)cc3)OC2=O)ccc1OS(C)(=O)=O. The predicted octanol–water partition coefficient (Wildman–Crippen LogP) is 3.68. The number of ether oxygens (including phenoxy) is 2. The monoisotopic (exact) mass is 429 g/mol. The fraction of sp³-hybridized carbons (Fsp3) is 0.273. The Balaban J connectivity index is 1.89. The molecule has 1 aliphatic heterocycles.